The maximum Gasteiger partial charge on any atom is 0.343 e. The van der Waals surface area contributed by atoms with Gasteiger partial charge in [0, 0.05) is 6.42 Å². The van der Waals surface area contributed by atoms with E-state index in [9.17, 15) is 14.0 Å². The summed E-state index contributed by atoms with van der Waals surface area (Å²) < 4.78 is 19.7. The predicted molar refractivity (Wildman–Crippen MR) is 85.9 cm³/mol. The maximum atomic E-state index is 13.0. The average Bonchev–Trinajstić information content (AvgIpc) is 2.85. The van der Waals surface area contributed by atoms with Gasteiger partial charge in [0.1, 0.15) is 16.5 Å². The fraction of sp³-hybridized carbons (Fsp3) is 0.353. The van der Waals surface area contributed by atoms with Crippen LogP contribution in [0.1, 0.15) is 41.7 Å². The average molecular weight is 351 g/mol. The molecule has 1 aliphatic rings. The third kappa shape index (κ3) is 3.19. The summed E-state index contributed by atoms with van der Waals surface area (Å²) in [6.07, 6.45) is 1.93. The second-order valence-corrected chi connectivity index (χ2v) is 6.10. The van der Waals surface area contributed by atoms with Crippen molar-refractivity contribution in [3.63, 3.8) is 0 Å². The lowest BCUT2D eigenvalue weighted by molar-refractivity contribution is -0.129. The molecule has 7 heteroatoms. The van der Waals surface area contributed by atoms with E-state index in [1.54, 1.807) is 6.92 Å². The number of ketones is 1. The van der Waals surface area contributed by atoms with Gasteiger partial charge in [-0.05, 0) is 50.5 Å². The summed E-state index contributed by atoms with van der Waals surface area (Å²) in [6.45, 7) is 1.63. The molecule has 0 saturated heterocycles. The molecule has 1 saturated carbocycles. The first-order chi connectivity index (χ1) is 11.5. The second kappa shape index (κ2) is 6.73. The van der Waals surface area contributed by atoms with Crippen LogP contribution in [-0.4, -0.2) is 27.6 Å². The molecule has 2 aromatic rings. The normalized spacial score (nSPS) is 17.8. The van der Waals surface area contributed by atoms with E-state index in [0.717, 1.165) is 12.8 Å². The Morgan fingerprint density at radius 2 is 2.04 bits per heavy atom. The van der Waals surface area contributed by atoms with Gasteiger partial charge in [-0.15, -0.1) is 0 Å². The fourth-order valence-corrected chi connectivity index (χ4v) is 3.10. The molecule has 1 aromatic carbocycles. The number of nitrogens with zero attached hydrogens (tertiary/aromatic N) is 2. The molecule has 1 atom stereocenters. The molecule has 0 bridgehead atoms. The number of halogens is 2. The van der Waals surface area contributed by atoms with Gasteiger partial charge in [0.05, 0.1) is 11.4 Å². The highest BCUT2D eigenvalue weighted by molar-refractivity contribution is 6.33. The SMILES string of the molecule is Cc1nn(-c2ccc(F)cc2)c(Cl)c1C(=O)OC1CCCCC1=O. The Balaban J connectivity index is 1.87. The summed E-state index contributed by atoms with van der Waals surface area (Å²) in [7, 11) is 0. The molecule has 24 heavy (non-hydrogen) atoms. The molecule has 0 N–H and O–H groups in total. The fourth-order valence-electron chi connectivity index (χ4n) is 2.75. The number of ether oxygens (including phenoxy) is 1. The summed E-state index contributed by atoms with van der Waals surface area (Å²) in [5, 5.41) is 4.30. The number of hydrogen-bond donors (Lipinski definition) is 0. The summed E-state index contributed by atoms with van der Waals surface area (Å²) in [6, 6.07) is 5.57. The summed E-state index contributed by atoms with van der Waals surface area (Å²) >= 11 is 6.27. The highest BCUT2D eigenvalue weighted by Crippen LogP contribution is 2.26. The number of aryl methyl sites for hydroxylation is 1. The molecule has 5 nitrogen and oxygen atoms in total. The van der Waals surface area contributed by atoms with Crippen molar-refractivity contribution < 1.29 is 18.7 Å². The highest BCUT2D eigenvalue weighted by Gasteiger charge is 2.29. The highest BCUT2D eigenvalue weighted by atomic mass is 35.5. The molecule has 3 rings (SSSR count). The van der Waals surface area contributed by atoms with Crippen molar-refractivity contribution in [2.24, 2.45) is 0 Å². The van der Waals surface area contributed by atoms with Crippen LogP contribution in [0, 0.1) is 12.7 Å². The quantitative estimate of drug-likeness (QED) is 0.793. The van der Waals surface area contributed by atoms with Crippen molar-refractivity contribution >= 4 is 23.4 Å². The third-order valence-electron chi connectivity index (χ3n) is 4.03. The monoisotopic (exact) mass is 350 g/mol. The van der Waals surface area contributed by atoms with Crippen LogP contribution in [0.15, 0.2) is 24.3 Å². The van der Waals surface area contributed by atoms with Gasteiger partial charge in [-0.25, -0.2) is 13.9 Å². The lowest BCUT2D eigenvalue weighted by atomic mass is 9.96. The van der Waals surface area contributed by atoms with Gasteiger partial charge in [-0.1, -0.05) is 11.6 Å². The van der Waals surface area contributed by atoms with Crippen LogP contribution in [0.2, 0.25) is 5.15 Å². The Morgan fingerprint density at radius 1 is 1.33 bits per heavy atom. The molecule has 0 amide bonds. The second-order valence-electron chi connectivity index (χ2n) is 5.75. The Morgan fingerprint density at radius 3 is 2.71 bits per heavy atom. The summed E-state index contributed by atoms with van der Waals surface area (Å²) in [5.41, 5.74) is 1.04. The molecule has 126 valence electrons. The zero-order valence-corrected chi connectivity index (χ0v) is 13.8. The Labute approximate surface area is 143 Å². The molecule has 1 fully saturated rings. The van der Waals surface area contributed by atoms with Crippen molar-refractivity contribution in [2.75, 3.05) is 0 Å². The number of rotatable bonds is 3. The zero-order chi connectivity index (χ0) is 17.3. The predicted octanol–water partition coefficient (Wildman–Crippen LogP) is 3.64. The van der Waals surface area contributed by atoms with Crippen LogP contribution in [0.4, 0.5) is 4.39 Å². The van der Waals surface area contributed by atoms with Crippen molar-refractivity contribution in [3.8, 4) is 5.69 Å². The molecule has 1 aliphatic carbocycles. The van der Waals surface area contributed by atoms with Gasteiger partial charge in [-0.2, -0.15) is 5.10 Å². The van der Waals surface area contributed by atoms with Gasteiger partial charge >= 0.3 is 5.97 Å². The van der Waals surface area contributed by atoms with Crippen molar-refractivity contribution in [2.45, 2.75) is 38.7 Å². The minimum Gasteiger partial charge on any atom is -0.451 e. The number of Topliss-reactive ketones (excluding diaryl/α,β-unsaturated/α-hetero) is 1. The van der Waals surface area contributed by atoms with E-state index in [4.69, 9.17) is 16.3 Å². The van der Waals surface area contributed by atoms with E-state index in [-0.39, 0.29) is 22.3 Å². The first-order valence-electron chi connectivity index (χ1n) is 7.72. The van der Waals surface area contributed by atoms with E-state index in [1.807, 2.05) is 0 Å². The summed E-state index contributed by atoms with van der Waals surface area (Å²) in [4.78, 5) is 24.2. The van der Waals surface area contributed by atoms with E-state index in [2.05, 4.69) is 5.10 Å². The molecular weight excluding hydrogens is 335 g/mol. The first kappa shape index (κ1) is 16.6. The van der Waals surface area contributed by atoms with E-state index >= 15 is 0 Å². The smallest absolute Gasteiger partial charge is 0.343 e. The van der Waals surface area contributed by atoms with Crippen molar-refractivity contribution in [1.29, 1.82) is 0 Å². The molecule has 0 radical (unpaired) electrons. The molecule has 0 aliphatic heterocycles. The van der Waals surface area contributed by atoms with E-state index in [0.29, 0.717) is 24.2 Å². The zero-order valence-electron chi connectivity index (χ0n) is 13.1. The largest absolute Gasteiger partial charge is 0.451 e. The molecule has 1 unspecified atom stereocenters. The van der Waals surface area contributed by atoms with Crippen molar-refractivity contribution in [3.05, 3.63) is 46.5 Å². The van der Waals surface area contributed by atoms with Crippen LogP contribution in [0.5, 0.6) is 0 Å². The number of aromatic nitrogens is 2. The molecule has 1 aromatic heterocycles. The topological polar surface area (TPSA) is 61.2 Å². The molecule has 1 heterocycles. The molecular formula is C17H16ClFN2O3. The van der Waals surface area contributed by atoms with Crippen LogP contribution >= 0.6 is 11.6 Å². The number of carbonyl (C=O) groups is 2. The van der Waals surface area contributed by atoms with E-state index < -0.39 is 12.1 Å². The van der Waals surface area contributed by atoms with Gasteiger partial charge in [0.2, 0.25) is 0 Å². The maximum absolute atomic E-state index is 13.0. The van der Waals surface area contributed by atoms with Crippen LogP contribution in [-0.2, 0) is 9.53 Å². The Kier molecular flexibility index (Phi) is 4.66. The van der Waals surface area contributed by atoms with Crippen LogP contribution in [0.3, 0.4) is 0 Å². The minimum atomic E-state index is -0.712. The van der Waals surface area contributed by atoms with Crippen molar-refractivity contribution in [1.82, 2.24) is 9.78 Å². The Bertz CT molecular complexity index is 786. The number of hydrogen-bond acceptors (Lipinski definition) is 4. The number of esters is 1. The van der Waals surface area contributed by atoms with Crippen LogP contribution in [0.25, 0.3) is 5.69 Å². The third-order valence-corrected chi connectivity index (χ3v) is 4.38. The molecule has 0 spiro atoms. The van der Waals surface area contributed by atoms with Crippen LogP contribution < -0.4 is 0 Å². The Hall–Kier alpha value is -2.21. The lowest BCUT2D eigenvalue weighted by Crippen LogP contribution is -2.30. The lowest BCUT2D eigenvalue weighted by Gasteiger charge is -2.20. The van der Waals surface area contributed by atoms with E-state index in [1.165, 1.54) is 28.9 Å². The number of carbonyl (C=O) groups excluding carboxylic acids is 2. The van der Waals surface area contributed by atoms with Gasteiger partial charge < -0.3 is 4.74 Å². The number of benzene rings is 1. The van der Waals surface area contributed by atoms with Gasteiger partial charge in [0.15, 0.2) is 11.9 Å². The minimum absolute atomic E-state index is 0.0608. The van der Waals surface area contributed by atoms with Gasteiger partial charge in [0.25, 0.3) is 0 Å². The summed E-state index contributed by atoms with van der Waals surface area (Å²) in [5.74, 6) is -1.10. The standard InChI is InChI=1S/C17H16ClFN2O3/c1-10-15(17(23)24-14-5-3-2-4-13(14)22)16(18)21(20-10)12-8-6-11(19)7-9-12/h6-9,14H,2-5H2,1H3. The van der Waals surface area contributed by atoms with Gasteiger partial charge in [-0.3, -0.25) is 4.79 Å². The first-order valence-corrected chi connectivity index (χ1v) is 8.10.